The lowest BCUT2D eigenvalue weighted by Gasteiger charge is -2.33. The number of hydrogen-bond donors (Lipinski definition) is 0. The highest BCUT2D eigenvalue weighted by Crippen LogP contribution is 2.21. The molecule has 1 fully saturated rings. The van der Waals surface area contributed by atoms with Crippen molar-refractivity contribution in [2.75, 3.05) is 26.2 Å². The van der Waals surface area contributed by atoms with Crippen molar-refractivity contribution in [3.63, 3.8) is 0 Å². The highest BCUT2D eigenvalue weighted by Gasteiger charge is 2.29. The van der Waals surface area contributed by atoms with Gasteiger partial charge in [-0.2, -0.15) is 8.99 Å². The molecule has 3 aromatic rings. The van der Waals surface area contributed by atoms with Crippen LogP contribution in [-0.2, 0) is 16.7 Å². The van der Waals surface area contributed by atoms with Gasteiger partial charge in [0, 0.05) is 36.2 Å². The van der Waals surface area contributed by atoms with Gasteiger partial charge in [0.1, 0.15) is 12.5 Å². The van der Waals surface area contributed by atoms with Crippen molar-refractivity contribution in [1.82, 2.24) is 19.0 Å². The van der Waals surface area contributed by atoms with Crippen LogP contribution < -0.4 is 5.76 Å². The zero-order valence-electron chi connectivity index (χ0n) is 15.7. The molecule has 11 heteroatoms. The summed E-state index contributed by atoms with van der Waals surface area (Å²) in [7, 11) is -3.58. The number of aromatic nitrogens is 2. The average Bonchev–Trinajstić information content (AvgIpc) is 3.09. The molecule has 0 bridgehead atoms. The normalized spacial score (nSPS) is 16.1. The fourth-order valence-electron chi connectivity index (χ4n) is 3.18. The van der Waals surface area contributed by atoms with Gasteiger partial charge in [-0.1, -0.05) is 22.0 Å². The SMILES string of the molecule is O=c1oc(-c2ccc(F)cc2)nn1CN1CCN(S(=O)(=O)c2cccc(Br)c2)CC1. The van der Waals surface area contributed by atoms with E-state index in [9.17, 15) is 17.6 Å². The van der Waals surface area contributed by atoms with Gasteiger partial charge in [-0.25, -0.2) is 17.6 Å². The zero-order valence-corrected chi connectivity index (χ0v) is 18.1. The van der Waals surface area contributed by atoms with Gasteiger partial charge in [0.2, 0.25) is 15.9 Å². The van der Waals surface area contributed by atoms with E-state index in [1.807, 2.05) is 4.90 Å². The number of nitrogens with zero attached hydrogens (tertiary/aromatic N) is 4. The Kier molecular flexibility index (Phi) is 5.87. The molecule has 0 radical (unpaired) electrons. The molecule has 1 aliphatic rings. The van der Waals surface area contributed by atoms with Crippen LogP contribution in [0.3, 0.4) is 0 Å². The topological polar surface area (TPSA) is 88.7 Å². The van der Waals surface area contributed by atoms with Crippen LogP contribution in [0.15, 0.2) is 67.1 Å². The zero-order chi connectivity index (χ0) is 21.3. The Balaban J connectivity index is 1.42. The lowest BCUT2D eigenvalue weighted by Crippen LogP contribution is -2.49. The van der Waals surface area contributed by atoms with E-state index in [2.05, 4.69) is 21.0 Å². The molecule has 0 aliphatic carbocycles. The van der Waals surface area contributed by atoms with Crippen LogP contribution in [0.1, 0.15) is 0 Å². The van der Waals surface area contributed by atoms with Gasteiger partial charge in [-0.05, 0) is 42.5 Å². The molecular formula is C19H18BrFN4O4S. The van der Waals surface area contributed by atoms with Crippen molar-refractivity contribution in [1.29, 1.82) is 0 Å². The quantitative estimate of drug-likeness (QED) is 0.538. The number of sulfonamides is 1. The first kappa shape index (κ1) is 20.9. The minimum absolute atomic E-state index is 0.107. The Bertz CT molecular complexity index is 1200. The molecule has 1 aliphatic heterocycles. The van der Waals surface area contributed by atoms with Crippen LogP contribution >= 0.6 is 15.9 Å². The third-order valence-corrected chi connectivity index (χ3v) is 7.18. The first-order chi connectivity index (χ1) is 14.3. The second-order valence-corrected chi connectivity index (χ2v) is 9.65. The predicted molar refractivity (Wildman–Crippen MR) is 111 cm³/mol. The van der Waals surface area contributed by atoms with Crippen LogP contribution in [0.4, 0.5) is 4.39 Å². The van der Waals surface area contributed by atoms with Gasteiger partial charge >= 0.3 is 5.76 Å². The molecule has 0 amide bonds. The maximum absolute atomic E-state index is 13.1. The van der Waals surface area contributed by atoms with Gasteiger partial charge in [0.25, 0.3) is 0 Å². The van der Waals surface area contributed by atoms with Crippen molar-refractivity contribution in [2.24, 2.45) is 0 Å². The summed E-state index contributed by atoms with van der Waals surface area (Å²) in [6.07, 6.45) is 0. The number of rotatable bonds is 5. The molecule has 0 spiro atoms. The van der Waals surface area contributed by atoms with E-state index in [1.54, 1.807) is 24.3 Å². The summed E-state index contributed by atoms with van der Waals surface area (Å²) in [4.78, 5) is 14.3. The summed E-state index contributed by atoms with van der Waals surface area (Å²) in [6.45, 7) is 1.66. The second-order valence-electron chi connectivity index (χ2n) is 6.80. The minimum atomic E-state index is -3.58. The first-order valence-electron chi connectivity index (χ1n) is 9.15. The summed E-state index contributed by atoms with van der Waals surface area (Å²) < 4.78 is 47.2. The number of piperazine rings is 1. The summed E-state index contributed by atoms with van der Waals surface area (Å²) in [5.74, 6) is -0.911. The standard InChI is InChI=1S/C19H18BrFN4O4S/c20-15-2-1-3-17(12-15)30(27,28)24-10-8-23(9-11-24)13-25-19(26)29-18(22-25)14-4-6-16(21)7-5-14/h1-7,12H,8-11,13H2. The van der Waals surface area contributed by atoms with E-state index >= 15 is 0 Å². The van der Waals surface area contributed by atoms with Crippen molar-refractivity contribution in [2.45, 2.75) is 11.6 Å². The lowest BCUT2D eigenvalue weighted by atomic mass is 10.2. The van der Waals surface area contributed by atoms with E-state index in [-0.39, 0.29) is 17.5 Å². The Morgan fingerprint density at radius 3 is 2.43 bits per heavy atom. The molecule has 8 nitrogen and oxygen atoms in total. The maximum Gasteiger partial charge on any atom is 0.438 e. The van der Waals surface area contributed by atoms with Gasteiger partial charge in [-0.15, -0.1) is 5.10 Å². The highest BCUT2D eigenvalue weighted by atomic mass is 79.9. The minimum Gasteiger partial charge on any atom is -0.388 e. The van der Waals surface area contributed by atoms with Crippen LogP contribution in [0.25, 0.3) is 11.5 Å². The van der Waals surface area contributed by atoms with E-state index in [0.717, 1.165) is 0 Å². The van der Waals surface area contributed by atoms with Crippen molar-refractivity contribution in [3.05, 3.63) is 69.4 Å². The van der Waals surface area contributed by atoms with Gasteiger partial charge in [0.15, 0.2) is 0 Å². The Morgan fingerprint density at radius 2 is 1.77 bits per heavy atom. The van der Waals surface area contributed by atoms with E-state index < -0.39 is 21.6 Å². The van der Waals surface area contributed by atoms with Gasteiger partial charge < -0.3 is 4.42 Å². The van der Waals surface area contributed by atoms with Crippen molar-refractivity contribution < 1.29 is 17.2 Å². The molecule has 4 rings (SSSR count). The third-order valence-electron chi connectivity index (χ3n) is 4.80. The molecule has 1 aromatic heterocycles. The number of hydrogen-bond acceptors (Lipinski definition) is 6. The lowest BCUT2D eigenvalue weighted by molar-refractivity contribution is 0.142. The van der Waals surface area contributed by atoms with Crippen LogP contribution in [-0.4, -0.2) is 53.6 Å². The molecule has 30 heavy (non-hydrogen) atoms. The van der Waals surface area contributed by atoms with E-state index in [0.29, 0.717) is 36.2 Å². The molecule has 158 valence electrons. The maximum atomic E-state index is 13.1. The molecule has 1 saturated heterocycles. The number of halogens is 2. The third kappa shape index (κ3) is 4.38. The van der Waals surface area contributed by atoms with Gasteiger partial charge in [0.05, 0.1) is 4.90 Å². The highest BCUT2D eigenvalue weighted by molar-refractivity contribution is 9.10. The molecular weight excluding hydrogens is 479 g/mol. The molecule has 0 N–H and O–H groups in total. The van der Waals surface area contributed by atoms with Gasteiger partial charge in [-0.3, -0.25) is 4.90 Å². The Labute approximate surface area is 180 Å². The molecule has 2 aromatic carbocycles. The summed E-state index contributed by atoms with van der Waals surface area (Å²) in [5.41, 5.74) is 0.497. The Hall–Kier alpha value is -2.34. The Morgan fingerprint density at radius 1 is 1.07 bits per heavy atom. The van der Waals surface area contributed by atoms with E-state index in [1.165, 1.54) is 33.3 Å². The summed E-state index contributed by atoms with van der Waals surface area (Å²) in [5, 5.41) is 4.17. The second kappa shape index (κ2) is 8.42. The largest absolute Gasteiger partial charge is 0.438 e. The fourth-order valence-corrected chi connectivity index (χ4v) is 5.20. The fraction of sp³-hybridized carbons (Fsp3) is 0.263. The molecule has 0 unspecified atom stereocenters. The average molecular weight is 497 g/mol. The number of benzene rings is 2. The summed E-state index contributed by atoms with van der Waals surface area (Å²) in [6, 6.07) is 12.1. The van der Waals surface area contributed by atoms with Crippen molar-refractivity contribution >= 4 is 26.0 Å². The van der Waals surface area contributed by atoms with E-state index in [4.69, 9.17) is 4.42 Å². The molecule has 0 atom stereocenters. The molecule has 2 heterocycles. The van der Waals surface area contributed by atoms with Crippen LogP contribution in [0.2, 0.25) is 0 Å². The van der Waals surface area contributed by atoms with Crippen molar-refractivity contribution in [3.8, 4) is 11.5 Å². The summed E-state index contributed by atoms with van der Waals surface area (Å²) >= 11 is 3.30. The van der Waals surface area contributed by atoms with Crippen LogP contribution in [0, 0.1) is 5.82 Å². The monoisotopic (exact) mass is 496 g/mol. The van der Waals surface area contributed by atoms with Crippen LogP contribution in [0.5, 0.6) is 0 Å². The molecule has 0 saturated carbocycles. The smallest absolute Gasteiger partial charge is 0.388 e. The first-order valence-corrected chi connectivity index (χ1v) is 11.4. The predicted octanol–water partition coefficient (Wildman–Crippen LogP) is 2.37.